The summed E-state index contributed by atoms with van der Waals surface area (Å²) in [4.78, 5) is 0. The number of furan rings is 1. The largest absolute Gasteiger partial charge is 0.455 e. The molecule has 0 atom stereocenters. The minimum absolute atomic E-state index is 0.992. The van der Waals surface area contributed by atoms with Crippen molar-refractivity contribution in [2.24, 2.45) is 0 Å². The molecule has 2 aliphatic carbocycles. The SMILES string of the molecule is Cc1cc2c(cc1C)-c1c3c(c4oc5cc(C)c(C)cc5c4c1C2)-c1cc(C)c(C)cc1C3. The molecular weight excluding hydrogens is 400 g/mol. The van der Waals surface area contributed by atoms with Gasteiger partial charge in [-0.05, 0) is 139 Å². The van der Waals surface area contributed by atoms with Gasteiger partial charge in [-0.25, -0.2) is 0 Å². The number of benzene rings is 4. The van der Waals surface area contributed by atoms with E-state index in [0.717, 1.165) is 24.0 Å². The molecule has 0 spiro atoms. The molecule has 0 bridgehead atoms. The molecule has 0 radical (unpaired) electrons. The van der Waals surface area contributed by atoms with E-state index in [4.69, 9.17) is 4.42 Å². The summed E-state index contributed by atoms with van der Waals surface area (Å²) in [5.41, 5.74) is 21.6. The third-order valence-corrected chi connectivity index (χ3v) is 8.45. The van der Waals surface area contributed by atoms with Crippen LogP contribution in [0.1, 0.15) is 55.6 Å². The van der Waals surface area contributed by atoms with E-state index in [1.165, 1.54) is 88.7 Å². The van der Waals surface area contributed by atoms with Gasteiger partial charge in [0.2, 0.25) is 0 Å². The van der Waals surface area contributed by atoms with Gasteiger partial charge >= 0.3 is 0 Å². The first-order valence-corrected chi connectivity index (χ1v) is 12.0. The minimum Gasteiger partial charge on any atom is -0.455 e. The Bertz CT molecular complexity index is 1710. The van der Waals surface area contributed by atoms with Crippen LogP contribution < -0.4 is 0 Å². The Kier molecular flexibility index (Phi) is 3.59. The van der Waals surface area contributed by atoms with Crippen molar-refractivity contribution in [3.05, 3.63) is 92.0 Å². The number of rotatable bonds is 0. The van der Waals surface area contributed by atoms with Gasteiger partial charge in [0.25, 0.3) is 0 Å². The van der Waals surface area contributed by atoms with Gasteiger partial charge in [0.15, 0.2) is 0 Å². The Morgan fingerprint density at radius 2 is 1.06 bits per heavy atom. The number of hydrogen-bond donors (Lipinski definition) is 0. The van der Waals surface area contributed by atoms with Crippen LogP contribution in [0.5, 0.6) is 0 Å². The Hall–Kier alpha value is -3.32. The second-order valence-corrected chi connectivity index (χ2v) is 10.5. The number of fused-ring (bicyclic) bond motifs is 12. The van der Waals surface area contributed by atoms with Gasteiger partial charge in [0.05, 0.1) is 0 Å². The summed E-state index contributed by atoms with van der Waals surface area (Å²) in [6, 6.07) is 14.2. The summed E-state index contributed by atoms with van der Waals surface area (Å²) >= 11 is 0. The highest BCUT2D eigenvalue weighted by Crippen LogP contribution is 2.54. The zero-order chi connectivity index (χ0) is 22.8. The molecule has 1 heteroatoms. The average molecular weight is 429 g/mol. The molecular formula is C32H28O. The summed E-state index contributed by atoms with van der Waals surface area (Å²) in [6.07, 6.45) is 1.98. The Balaban J connectivity index is 1.70. The lowest BCUT2D eigenvalue weighted by Gasteiger charge is -2.12. The molecule has 0 N–H and O–H groups in total. The average Bonchev–Trinajstić information content (AvgIpc) is 3.41. The molecule has 5 aromatic rings. The second-order valence-electron chi connectivity index (χ2n) is 10.5. The van der Waals surface area contributed by atoms with Gasteiger partial charge in [-0.15, -0.1) is 0 Å². The highest BCUT2D eigenvalue weighted by Gasteiger charge is 2.34. The maximum absolute atomic E-state index is 6.73. The van der Waals surface area contributed by atoms with Gasteiger partial charge in [0.1, 0.15) is 11.2 Å². The van der Waals surface area contributed by atoms with E-state index in [0.29, 0.717) is 0 Å². The zero-order valence-corrected chi connectivity index (χ0v) is 20.3. The smallest absolute Gasteiger partial charge is 0.143 e. The minimum atomic E-state index is 0.992. The fraction of sp³-hybridized carbons (Fsp3) is 0.250. The van der Waals surface area contributed by atoms with E-state index < -0.39 is 0 Å². The lowest BCUT2D eigenvalue weighted by Crippen LogP contribution is -1.92. The van der Waals surface area contributed by atoms with Crippen molar-refractivity contribution >= 4 is 21.9 Å². The molecule has 0 fully saturated rings. The molecule has 1 nitrogen and oxygen atoms in total. The van der Waals surface area contributed by atoms with Gasteiger partial charge in [-0.3, -0.25) is 0 Å². The van der Waals surface area contributed by atoms with Gasteiger partial charge in [-0.1, -0.05) is 24.3 Å². The third-order valence-electron chi connectivity index (χ3n) is 8.45. The molecule has 2 aliphatic rings. The van der Waals surface area contributed by atoms with Gasteiger partial charge in [-0.2, -0.15) is 0 Å². The van der Waals surface area contributed by atoms with Crippen molar-refractivity contribution in [3.63, 3.8) is 0 Å². The molecule has 33 heavy (non-hydrogen) atoms. The van der Waals surface area contributed by atoms with Gasteiger partial charge < -0.3 is 4.42 Å². The van der Waals surface area contributed by atoms with Crippen LogP contribution in [0.15, 0.2) is 40.8 Å². The molecule has 7 rings (SSSR count). The maximum Gasteiger partial charge on any atom is 0.143 e. The van der Waals surface area contributed by atoms with E-state index in [1.807, 2.05) is 0 Å². The van der Waals surface area contributed by atoms with Crippen LogP contribution in [0, 0.1) is 41.5 Å². The lowest BCUT2D eigenvalue weighted by molar-refractivity contribution is 0.669. The molecule has 0 unspecified atom stereocenters. The van der Waals surface area contributed by atoms with E-state index >= 15 is 0 Å². The Morgan fingerprint density at radius 3 is 1.73 bits per heavy atom. The topological polar surface area (TPSA) is 13.1 Å². The lowest BCUT2D eigenvalue weighted by atomic mass is 9.90. The Labute approximate surface area is 195 Å². The van der Waals surface area contributed by atoms with Crippen LogP contribution in [0.2, 0.25) is 0 Å². The van der Waals surface area contributed by atoms with E-state index in [1.54, 1.807) is 0 Å². The molecule has 1 heterocycles. The van der Waals surface area contributed by atoms with Crippen molar-refractivity contribution in [3.8, 4) is 22.3 Å². The molecule has 4 aromatic carbocycles. The highest BCUT2D eigenvalue weighted by molar-refractivity contribution is 6.17. The highest BCUT2D eigenvalue weighted by atomic mass is 16.3. The van der Waals surface area contributed by atoms with E-state index in [-0.39, 0.29) is 0 Å². The van der Waals surface area contributed by atoms with Crippen LogP contribution in [0.25, 0.3) is 44.2 Å². The molecule has 0 saturated carbocycles. The van der Waals surface area contributed by atoms with Crippen molar-refractivity contribution in [1.82, 2.24) is 0 Å². The molecule has 1 aromatic heterocycles. The molecule has 162 valence electrons. The van der Waals surface area contributed by atoms with Crippen molar-refractivity contribution in [2.75, 3.05) is 0 Å². The van der Waals surface area contributed by atoms with Crippen LogP contribution in [-0.2, 0) is 12.8 Å². The first-order chi connectivity index (χ1) is 15.8. The quantitative estimate of drug-likeness (QED) is 0.236. The normalized spacial score (nSPS) is 13.5. The summed E-state index contributed by atoms with van der Waals surface area (Å²) < 4.78 is 6.73. The molecule has 0 saturated heterocycles. The van der Waals surface area contributed by atoms with Crippen LogP contribution >= 0.6 is 0 Å². The van der Waals surface area contributed by atoms with Crippen LogP contribution in [-0.4, -0.2) is 0 Å². The van der Waals surface area contributed by atoms with Crippen LogP contribution in [0.4, 0.5) is 0 Å². The number of aryl methyl sites for hydroxylation is 6. The van der Waals surface area contributed by atoms with E-state index in [2.05, 4.69) is 77.9 Å². The van der Waals surface area contributed by atoms with Crippen molar-refractivity contribution < 1.29 is 4.42 Å². The van der Waals surface area contributed by atoms with Crippen molar-refractivity contribution in [1.29, 1.82) is 0 Å². The van der Waals surface area contributed by atoms with E-state index in [9.17, 15) is 0 Å². The standard InChI is InChI=1S/C32H28O/c1-15-7-21-13-27-29(23(21)9-17(15)3)26-14-22-8-16(2)18(4)10-24(22)30(26)32-31(27)25-11-19(5)20(6)12-28(25)33-32/h7-12H,13-14H2,1-6H3. The Morgan fingerprint density at radius 1 is 0.545 bits per heavy atom. The molecule has 0 aliphatic heterocycles. The predicted molar refractivity (Wildman–Crippen MR) is 139 cm³/mol. The monoisotopic (exact) mass is 428 g/mol. The fourth-order valence-electron chi connectivity index (χ4n) is 6.25. The first kappa shape index (κ1) is 19.2. The fourth-order valence-corrected chi connectivity index (χ4v) is 6.25. The number of hydrogen-bond acceptors (Lipinski definition) is 1. The van der Waals surface area contributed by atoms with Crippen molar-refractivity contribution in [2.45, 2.75) is 54.4 Å². The second kappa shape index (κ2) is 6.17. The predicted octanol–water partition coefficient (Wildman–Crippen LogP) is 8.58. The summed E-state index contributed by atoms with van der Waals surface area (Å²) in [7, 11) is 0. The zero-order valence-electron chi connectivity index (χ0n) is 20.3. The third kappa shape index (κ3) is 2.38. The summed E-state index contributed by atoms with van der Waals surface area (Å²) in [5.74, 6) is 0. The summed E-state index contributed by atoms with van der Waals surface area (Å²) in [6.45, 7) is 13.3. The van der Waals surface area contributed by atoms with Crippen LogP contribution in [0.3, 0.4) is 0 Å². The summed E-state index contributed by atoms with van der Waals surface area (Å²) in [5, 5.41) is 2.60. The molecule has 0 amide bonds. The maximum atomic E-state index is 6.73. The van der Waals surface area contributed by atoms with Gasteiger partial charge in [0, 0.05) is 16.3 Å². The first-order valence-electron chi connectivity index (χ1n) is 12.0.